The summed E-state index contributed by atoms with van der Waals surface area (Å²) >= 11 is 0. The van der Waals surface area contributed by atoms with Gasteiger partial charge in [-0.3, -0.25) is 4.79 Å². The summed E-state index contributed by atoms with van der Waals surface area (Å²) in [7, 11) is 6.86. The standard InChI is InChI=1S/C18H19FN2O3/c1-20(2)13-7-10-15(16(19)11-13)18(23)24-14-8-5-12(6-9-14)17(22)21(3)4/h5-11H,1-4H3. The lowest BCUT2D eigenvalue weighted by Crippen LogP contribution is -2.21. The van der Waals surface area contributed by atoms with Gasteiger partial charge in [0, 0.05) is 39.4 Å². The molecule has 0 radical (unpaired) electrons. The molecule has 2 aromatic rings. The Labute approximate surface area is 140 Å². The average Bonchev–Trinajstić information content (AvgIpc) is 2.54. The van der Waals surface area contributed by atoms with Gasteiger partial charge in [0.2, 0.25) is 0 Å². The third-order valence-electron chi connectivity index (χ3n) is 3.41. The van der Waals surface area contributed by atoms with Gasteiger partial charge in [-0.25, -0.2) is 9.18 Å². The van der Waals surface area contributed by atoms with Crippen LogP contribution >= 0.6 is 0 Å². The van der Waals surface area contributed by atoms with Crippen LogP contribution < -0.4 is 9.64 Å². The zero-order valence-corrected chi connectivity index (χ0v) is 14.0. The van der Waals surface area contributed by atoms with Crippen molar-refractivity contribution in [2.24, 2.45) is 0 Å². The van der Waals surface area contributed by atoms with Gasteiger partial charge in [0.15, 0.2) is 0 Å². The number of halogens is 1. The van der Waals surface area contributed by atoms with Crippen LogP contribution in [-0.2, 0) is 0 Å². The largest absolute Gasteiger partial charge is 0.423 e. The highest BCUT2D eigenvalue weighted by Gasteiger charge is 2.16. The van der Waals surface area contributed by atoms with Crippen molar-refractivity contribution in [3.63, 3.8) is 0 Å². The minimum absolute atomic E-state index is 0.144. The predicted molar refractivity (Wildman–Crippen MR) is 90.1 cm³/mol. The fraction of sp³-hybridized carbons (Fsp3) is 0.222. The molecule has 0 atom stereocenters. The van der Waals surface area contributed by atoms with Crippen molar-refractivity contribution >= 4 is 17.6 Å². The summed E-state index contributed by atoms with van der Waals surface area (Å²) in [6, 6.07) is 10.4. The maximum absolute atomic E-state index is 14.0. The number of rotatable bonds is 4. The molecular formula is C18H19FN2O3. The summed E-state index contributed by atoms with van der Waals surface area (Å²) in [5.41, 5.74) is 0.978. The highest BCUT2D eigenvalue weighted by atomic mass is 19.1. The number of amides is 1. The summed E-state index contributed by atoms with van der Waals surface area (Å²) in [6.07, 6.45) is 0. The number of nitrogens with zero attached hydrogens (tertiary/aromatic N) is 2. The molecule has 0 saturated heterocycles. The molecule has 0 aliphatic heterocycles. The Kier molecular flexibility index (Phi) is 5.18. The summed E-state index contributed by atoms with van der Waals surface area (Å²) < 4.78 is 19.2. The third kappa shape index (κ3) is 3.90. The molecule has 0 N–H and O–H groups in total. The van der Waals surface area contributed by atoms with E-state index < -0.39 is 11.8 Å². The van der Waals surface area contributed by atoms with Gasteiger partial charge in [-0.15, -0.1) is 0 Å². The molecule has 0 heterocycles. The molecule has 126 valence electrons. The van der Waals surface area contributed by atoms with E-state index in [2.05, 4.69) is 0 Å². The molecule has 0 fully saturated rings. The van der Waals surface area contributed by atoms with Crippen molar-refractivity contribution in [1.29, 1.82) is 0 Å². The van der Waals surface area contributed by atoms with Crippen LogP contribution in [0.3, 0.4) is 0 Å². The second-order valence-electron chi connectivity index (χ2n) is 5.67. The predicted octanol–water partition coefficient (Wildman–Crippen LogP) is 2.81. The highest BCUT2D eigenvalue weighted by molar-refractivity contribution is 5.94. The van der Waals surface area contributed by atoms with E-state index in [0.29, 0.717) is 11.3 Å². The van der Waals surface area contributed by atoms with E-state index in [-0.39, 0.29) is 17.2 Å². The molecule has 0 aliphatic carbocycles. The molecule has 1 amide bonds. The van der Waals surface area contributed by atoms with Crippen LogP contribution in [0.1, 0.15) is 20.7 Å². The summed E-state index contributed by atoms with van der Waals surface area (Å²) in [5, 5.41) is 0. The average molecular weight is 330 g/mol. The van der Waals surface area contributed by atoms with E-state index in [9.17, 15) is 14.0 Å². The molecule has 0 saturated carbocycles. The lowest BCUT2D eigenvalue weighted by Gasteiger charge is -2.13. The van der Waals surface area contributed by atoms with E-state index >= 15 is 0 Å². The Morgan fingerprint density at radius 3 is 2.08 bits per heavy atom. The fourth-order valence-corrected chi connectivity index (χ4v) is 2.03. The number of ether oxygens (including phenoxy) is 1. The van der Waals surface area contributed by atoms with E-state index in [1.165, 1.54) is 29.2 Å². The topological polar surface area (TPSA) is 49.9 Å². The maximum Gasteiger partial charge on any atom is 0.346 e. The summed E-state index contributed by atoms with van der Waals surface area (Å²) in [4.78, 5) is 27.1. The smallest absolute Gasteiger partial charge is 0.346 e. The van der Waals surface area contributed by atoms with E-state index in [1.807, 2.05) is 0 Å². The molecule has 0 bridgehead atoms. The first-order valence-electron chi connectivity index (χ1n) is 7.30. The molecule has 0 aromatic heterocycles. The van der Waals surface area contributed by atoms with Crippen LogP contribution in [0.2, 0.25) is 0 Å². The van der Waals surface area contributed by atoms with E-state index in [1.54, 1.807) is 51.3 Å². The monoisotopic (exact) mass is 330 g/mol. The number of benzene rings is 2. The van der Waals surface area contributed by atoms with Crippen molar-refractivity contribution < 1.29 is 18.7 Å². The Morgan fingerprint density at radius 1 is 0.958 bits per heavy atom. The van der Waals surface area contributed by atoms with Crippen molar-refractivity contribution in [2.75, 3.05) is 33.1 Å². The fourth-order valence-electron chi connectivity index (χ4n) is 2.03. The van der Waals surface area contributed by atoms with Gasteiger partial charge in [-0.2, -0.15) is 0 Å². The van der Waals surface area contributed by atoms with Crippen LogP contribution in [0.5, 0.6) is 5.75 Å². The van der Waals surface area contributed by atoms with Crippen LogP contribution in [0.4, 0.5) is 10.1 Å². The number of anilines is 1. The highest BCUT2D eigenvalue weighted by Crippen LogP contribution is 2.20. The third-order valence-corrected chi connectivity index (χ3v) is 3.41. The van der Waals surface area contributed by atoms with Gasteiger partial charge in [-0.1, -0.05) is 0 Å². The molecular weight excluding hydrogens is 311 g/mol. The van der Waals surface area contributed by atoms with E-state index in [4.69, 9.17) is 4.74 Å². The zero-order chi connectivity index (χ0) is 17.9. The number of carbonyl (C=O) groups excluding carboxylic acids is 2. The first kappa shape index (κ1) is 17.5. The molecule has 2 aromatic carbocycles. The van der Waals surface area contributed by atoms with Crippen LogP contribution in [0.15, 0.2) is 42.5 Å². The van der Waals surface area contributed by atoms with Gasteiger partial charge >= 0.3 is 5.97 Å². The lowest BCUT2D eigenvalue weighted by atomic mass is 10.1. The first-order valence-corrected chi connectivity index (χ1v) is 7.30. The van der Waals surface area contributed by atoms with Crippen molar-refractivity contribution in [3.05, 3.63) is 59.4 Å². The second-order valence-corrected chi connectivity index (χ2v) is 5.67. The number of hydrogen-bond donors (Lipinski definition) is 0. The Morgan fingerprint density at radius 2 is 1.58 bits per heavy atom. The van der Waals surface area contributed by atoms with Gasteiger partial charge < -0.3 is 14.5 Å². The molecule has 6 heteroatoms. The first-order chi connectivity index (χ1) is 11.3. The van der Waals surface area contributed by atoms with Gasteiger partial charge in [-0.05, 0) is 42.5 Å². The summed E-state index contributed by atoms with van der Waals surface area (Å²) in [6.45, 7) is 0. The second kappa shape index (κ2) is 7.12. The van der Waals surface area contributed by atoms with Gasteiger partial charge in [0.1, 0.15) is 11.6 Å². The van der Waals surface area contributed by atoms with Crippen molar-refractivity contribution in [3.8, 4) is 5.75 Å². The lowest BCUT2D eigenvalue weighted by molar-refractivity contribution is 0.0730. The van der Waals surface area contributed by atoms with Gasteiger partial charge in [0.05, 0.1) is 5.56 Å². The molecule has 0 unspecified atom stereocenters. The van der Waals surface area contributed by atoms with Crippen molar-refractivity contribution in [1.82, 2.24) is 4.90 Å². The number of hydrogen-bond acceptors (Lipinski definition) is 4. The van der Waals surface area contributed by atoms with Crippen LogP contribution in [-0.4, -0.2) is 45.0 Å². The SMILES string of the molecule is CN(C)C(=O)c1ccc(OC(=O)c2ccc(N(C)C)cc2F)cc1. The zero-order valence-electron chi connectivity index (χ0n) is 14.0. The quantitative estimate of drug-likeness (QED) is 0.639. The van der Waals surface area contributed by atoms with Crippen molar-refractivity contribution in [2.45, 2.75) is 0 Å². The molecule has 0 aliphatic rings. The Bertz CT molecular complexity index is 755. The van der Waals surface area contributed by atoms with Crippen LogP contribution in [0, 0.1) is 5.82 Å². The number of carbonyl (C=O) groups is 2. The molecule has 5 nitrogen and oxygen atoms in total. The molecule has 0 spiro atoms. The van der Waals surface area contributed by atoms with Crippen LogP contribution in [0.25, 0.3) is 0 Å². The van der Waals surface area contributed by atoms with E-state index in [0.717, 1.165) is 0 Å². The normalized spacial score (nSPS) is 10.2. The minimum Gasteiger partial charge on any atom is -0.423 e. The summed E-state index contributed by atoms with van der Waals surface area (Å²) in [5.74, 6) is -1.35. The maximum atomic E-state index is 14.0. The minimum atomic E-state index is -0.788. The Hall–Kier alpha value is -2.89. The van der Waals surface area contributed by atoms with Gasteiger partial charge in [0.25, 0.3) is 5.91 Å². The number of esters is 1. The molecule has 24 heavy (non-hydrogen) atoms. The molecule has 2 rings (SSSR count). The Balaban J connectivity index is 2.14.